The fourth-order valence-electron chi connectivity index (χ4n) is 3.01. The molecule has 0 aliphatic rings. The van der Waals surface area contributed by atoms with Crippen LogP contribution in [0, 0.1) is 0 Å². The molecular weight excluding hydrogens is 443 g/mol. The summed E-state index contributed by atoms with van der Waals surface area (Å²) in [6, 6.07) is 14.8. The van der Waals surface area contributed by atoms with Crippen LogP contribution in [0.4, 0.5) is 0 Å². The van der Waals surface area contributed by atoms with E-state index in [0.29, 0.717) is 27.0 Å². The molecular formula is C23H16Cl2O6. The van der Waals surface area contributed by atoms with Gasteiger partial charge in [-0.1, -0.05) is 35.3 Å². The van der Waals surface area contributed by atoms with Gasteiger partial charge in [-0.25, -0.2) is 4.79 Å². The number of rotatable bonds is 6. The maximum atomic E-state index is 13.2. The summed E-state index contributed by atoms with van der Waals surface area (Å²) in [5.41, 5.74) is 0.440. The Kier molecular flexibility index (Phi) is 6.02. The number of carbonyl (C=O) groups excluding carboxylic acids is 1. The molecule has 0 amide bonds. The third kappa shape index (κ3) is 4.31. The van der Waals surface area contributed by atoms with Crippen molar-refractivity contribution in [2.75, 3.05) is 6.61 Å². The molecule has 0 unspecified atom stereocenters. The van der Waals surface area contributed by atoms with Crippen LogP contribution in [0.3, 0.4) is 0 Å². The number of carbonyl (C=O) groups is 1. The highest BCUT2D eigenvalue weighted by Crippen LogP contribution is 2.36. The van der Waals surface area contributed by atoms with Crippen molar-refractivity contribution < 1.29 is 23.1 Å². The second-order valence-electron chi connectivity index (χ2n) is 6.48. The van der Waals surface area contributed by atoms with Gasteiger partial charge in [0.25, 0.3) is 0 Å². The summed E-state index contributed by atoms with van der Waals surface area (Å²) in [4.78, 5) is 25.0. The Labute approximate surface area is 186 Å². The van der Waals surface area contributed by atoms with Gasteiger partial charge in [0.05, 0.1) is 17.0 Å². The van der Waals surface area contributed by atoms with Gasteiger partial charge in [-0.05, 0) is 49.4 Å². The Morgan fingerprint density at radius 1 is 1.03 bits per heavy atom. The third-order valence-electron chi connectivity index (χ3n) is 4.43. The van der Waals surface area contributed by atoms with Gasteiger partial charge >= 0.3 is 5.97 Å². The van der Waals surface area contributed by atoms with Crippen molar-refractivity contribution in [2.45, 2.75) is 13.5 Å². The Morgan fingerprint density at radius 2 is 1.84 bits per heavy atom. The lowest BCUT2D eigenvalue weighted by molar-refractivity contribution is 0.0486. The Balaban J connectivity index is 1.76. The zero-order chi connectivity index (χ0) is 22.0. The molecule has 0 aliphatic carbocycles. The molecule has 4 aromatic rings. The minimum atomic E-state index is -0.578. The average molecular weight is 459 g/mol. The van der Waals surface area contributed by atoms with Crippen LogP contribution in [0.25, 0.3) is 22.3 Å². The highest BCUT2D eigenvalue weighted by molar-refractivity contribution is 6.33. The molecule has 2 heterocycles. The molecule has 0 N–H and O–H groups in total. The van der Waals surface area contributed by atoms with Crippen LogP contribution >= 0.6 is 23.2 Å². The summed E-state index contributed by atoms with van der Waals surface area (Å²) in [6.07, 6.45) is 0. The van der Waals surface area contributed by atoms with Gasteiger partial charge in [-0.2, -0.15) is 0 Å². The van der Waals surface area contributed by atoms with Gasteiger partial charge in [0.2, 0.25) is 16.9 Å². The van der Waals surface area contributed by atoms with Crippen LogP contribution in [0.2, 0.25) is 10.0 Å². The van der Waals surface area contributed by atoms with Gasteiger partial charge in [0, 0.05) is 10.6 Å². The molecule has 158 valence electrons. The lowest BCUT2D eigenvalue weighted by Gasteiger charge is -2.12. The van der Waals surface area contributed by atoms with Gasteiger partial charge < -0.3 is 18.3 Å². The first kappa shape index (κ1) is 21.0. The maximum Gasteiger partial charge on any atom is 0.374 e. The van der Waals surface area contributed by atoms with E-state index in [2.05, 4.69) is 0 Å². The summed E-state index contributed by atoms with van der Waals surface area (Å²) >= 11 is 12.4. The second-order valence-corrected chi connectivity index (χ2v) is 7.33. The molecule has 2 aromatic heterocycles. The number of esters is 1. The summed E-state index contributed by atoms with van der Waals surface area (Å²) in [6.45, 7) is 1.81. The number of hydrogen-bond acceptors (Lipinski definition) is 6. The normalized spacial score (nSPS) is 10.9. The average Bonchev–Trinajstić information content (AvgIpc) is 3.23. The smallest absolute Gasteiger partial charge is 0.374 e. The van der Waals surface area contributed by atoms with E-state index >= 15 is 0 Å². The molecule has 8 heteroatoms. The molecule has 4 rings (SSSR count). The topological polar surface area (TPSA) is 78.9 Å². The first-order valence-corrected chi connectivity index (χ1v) is 10.1. The molecule has 6 nitrogen and oxygen atoms in total. The number of fused-ring (bicyclic) bond motifs is 1. The molecule has 0 bridgehead atoms. The summed E-state index contributed by atoms with van der Waals surface area (Å²) in [5, 5.41) is 1.05. The first-order chi connectivity index (χ1) is 15.0. The Hall–Kier alpha value is -3.22. The molecule has 2 aromatic carbocycles. The minimum Gasteiger partial charge on any atom is -0.478 e. The van der Waals surface area contributed by atoms with Gasteiger partial charge in [-0.15, -0.1) is 0 Å². The van der Waals surface area contributed by atoms with Crippen LogP contribution in [0.15, 0.2) is 68.2 Å². The molecule has 0 spiro atoms. The van der Waals surface area contributed by atoms with E-state index in [1.165, 1.54) is 12.1 Å². The van der Waals surface area contributed by atoms with Crippen LogP contribution in [0.5, 0.6) is 5.75 Å². The quantitative estimate of drug-likeness (QED) is 0.324. The number of halogens is 2. The van der Waals surface area contributed by atoms with E-state index in [-0.39, 0.29) is 35.9 Å². The zero-order valence-electron chi connectivity index (χ0n) is 16.3. The van der Waals surface area contributed by atoms with Crippen LogP contribution in [-0.4, -0.2) is 12.6 Å². The minimum absolute atomic E-state index is 0.0445. The monoisotopic (exact) mass is 458 g/mol. The molecule has 0 radical (unpaired) electrons. The highest BCUT2D eigenvalue weighted by atomic mass is 35.5. The van der Waals surface area contributed by atoms with Crippen LogP contribution in [0.1, 0.15) is 23.2 Å². The number of benzene rings is 2. The molecule has 0 saturated heterocycles. The van der Waals surface area contributed by atoms with E-state index in [4.69, 9.17) is 41.5 Å². The predicted octanol–water partition coefficient (Wildman–Crippen LogP) is 6.12. The molecule has 0 atom stereocenters. The van der Waals surface area contributed by atoms with Crippen molar-refractivity contribution in [1.82, 2.24) is 0 Å². The summed E-state index contributed by atoms with van der Waals surface area (Å²) < 4.78 is 22.2. The van der Waals surface area contributed by atoms with E-state index in [1.807, 2.05) is 0 Å². The highest BCUT2D eigenvalue weighted by Gasteiger charge is 2.21. The summed E-state index contributed by atoms with van der Waals surface area (Å²) in [5.74, 6) is -0.0622. The van der Waals surface area contributed by atoms with Gasteiger partial charge in [0.15, 0.2) is 5.76 Å². The molecule has 0 fully saturated rings. The van der Waals surface area contributed by atoms with Crippen LogP contribution in [-0.2, 0) is 11.3 Å². The first-order valence-electron chi connectivity index (χ1n) is 9.38. The van der Waals surface area contributed by atoms with E-state index in [0.717, 1.165) is 0 Å². The van der Waals surface area contributed by atoms with Crippen molar-refractivity contribution >= 4 is 40.1 Å². The maximum absolute atomic E-state index is 13.2. The van der Waals surface area contributed by atoms with Gasteiger partial charge in [0.1, 0.15) is 18.0 Å². The Bertz CT molecular complexity index is 1320. The van der Waals surface area contributed by atoms with Crippen molar-refractivity contribution in [3.05, 3.63) is 86.4 Å². The van der Waals surface area contributed by atoms with Crippen molar-refractivity contribution in [1.29, 1.82) is 0 Å². The third-order valence-corrected chi connectivity index (χ3v) is 4.99. The molecule has 31 heavy (non-hydrogen) atoms. The number of hydrogen-bond donors (Lipinski definition) is 0. The number of ether oxygens (including phenoxy) is 2. The largest absolute Gasteiger partial charge is 0.478 e. The van der Waals surface area contributed by atoms with Crippen molar-refractivity contribution in [3.63, 3.8) is 0 Å². The van der Waals surface area contributed by atoms with Crippen molar-refractivity contribution in [2.24, 2.45) is 0 Å². The lowest BCUT2D eigenvalue weighted by Crippen LogP contribution is -2.10. The predicted molar refractivity (Wildman–Crippen MR) is 117 cm³/mol. The van der Waals surface area contributed by atoms with Crippen molar-refractivity contribution in [3.8, 4) is 17.1 Å². The zero-order valence-corrected chi connectivity index (χ0v) is 17.8. The lowest BCUT2D eigenvalue weighted by atomic mass is 10.1. The van der Waals surface area contributed by atoms with E-state index < -0.39 is 11.4 Å². The van der Waals surface area contributed by atoms with Gasteiger partial charge in [-0.3, -0.25) is 4.79 Å². The fraction of sp³-hybridized carbons (Fsp3) is 0.130. The number of furan rings is 1. The SMILES string of the molecule is CCOC(=O)c1ccc(COc2c(-c3ccccc3Cl)oc3ccc(Cl)cc3c2=O)o1. The summed E-state index contributed by atoms with van der Waals surface area (Å²) in [7, 11) is 0. The molecule has 0 aliphatic heterocycles. The fourth-order valence-corrected chi connectivity index (χ4v) is 3.41. The standard InChI is InChI=1S/C23H16Cl2O6/c1-2-28-23(27)19-10-8-14(30-19)12-29-22-20(26)16-11-13(24)7-9-18(16)31-21(22)15-5-3-4-6-17(15)25/h3-11H,2,12H2,1H3. The second kappa shape index (κ2) is 8.88. The molecule has 0 saturated carbocycles. The van der Waals surface area contributed by atoms with Crippen LogP contribution < -0.4 is 10.2 Å². The van der Waals surface area contributed by atoms with E-state index in [1.54, 1.807) is 49.4 Å². The van der Waals surface area contributed by atoms with E-state index in [9.17, 15) is 9.59 Å². The Morgan fingerprint density at radius 3 is 2.61 bits per heavy atom.